The molecule has 2 heterocycles. The number of nitrogens with one attached hydrogen (secondary N) is 1. The van der Waals surface area contributed by atoms with Crippen molar-refractivity contribution in [1.29, 1.82) is 0 Å². The molecule has 1 aromatic heterocycles. The van der Waals surface area contributed by atoms with E-state index < -0.39 is 0 Å². The number of piperazine rings is 1. The summed E-state index contributed by atoms with van der Waals surface area (Å²) < 4.78 is 0. The molecule has 1 saturated heterocycles. The minimum Gasteiger partial charge on any atom is -0.313 e. The molecule has 0 aromatic carbocycles. The summed E-state index contributed by atoms with van der Waals surface area (Å²) in [5.41, 5.74) is 1.36. The van der Waals surface area contributed by atoms with Crippen LogP contribution in [0.25, 0.3) is 0 Å². The van der Waals surface area contributed by atoms with Gasteiger partial charge in [0.15, 0.2) is 0 Å². The topological polar surface area (TPSA) is 28.2 Å². The van der Waals surface area contributed by atoms with E-state index in [1.54, 1.807) is 0 Å². The van der Waals surface area contributed by atoms with Crippen molar-refractivity contribution in [2.45, 2.75) is 25.9 Å². The first kappa shape index (κ1) is 11.6. The molecule has 0 amide bonds. The van der Waals surface area contributed by atoms with Crippen LogP contribution in [0.15, 0.2) is 24.5 Å². The van der Waals surface area contributed by atoms with Crippen molar-refractivity contribution in [3.8, 4) is 0 Å². The lowest BCUT2D eigenvalue weighted by molar-refractivity contribution is 0.0978. The summed E-state index contributed by atoms with van der Waals surface area (Å²) in [6.45, 7) is 6.70. The number of nitrogens with zero attached hydrogens (tertiary/aromatic N) is 2. The predicted octanol–water partition coefficient (Wildman–Crippen LogP) is 1.68. The van der Waals surface area contributed by atoms with Gasteiger partial charge in [-0.15, -0.1) is 0 Å². The molecule has 1 aromatic rings. The Kier molecular flexibility index (Phi) is 3.56. The number of likely N-dealkylation sites (N-methyl/N-ethyl adjacent to an activating group) is 1. The Morgan fingerprint density at radius 3 is 2.62 bits per heavy atom. The fourth-order valence-corrected chi connectivity index (χ4v) is 2.53. The monoisotopic (exact) mass is 219 g/mol. The van der Waals surface area contributed by atoms with E-state index in [4.69, 9.17) is 0 Å². The van der Waals surface area contributed by atoms with Gasteiger partial charge in [-0.1, -0.05) is 13.8 Å². The molecule has 2 atom stereocenters. The van der Waals surface area contributed by atoms with Gasteiger partial charge in [0.25, 0.3) is 0 Å². The van der Waals surface area contributed by atoms with Gasteiger partial charge in [0, 0.05) is 37.6 Å². The molecule has 1 fully saturated rings. The van der Waals surface area contributed by atoms with Crippen LogP contribution in [0.1, 0.15) is 25.5 Å². The summed E-state index contributed by atoms with van der Waals surface area (Å²) in [5.74, 6) is 0.683. The SMILES string of the molecule is CC(C)[C@@H]1CNCC(c2ccncc2)N1C. The molecule has 1 unspecified atom stereocenters. The smallest absolute Gasteiger partial charge is 0.0474 e. The van der Waals surface area contributed by atoms with Crippen LogP contribution in [0, 0.1) is 5.92 Å². The van der Waals surface area contributed by atoms with Crippen molar-refractivity contribution in [2.75, 3.05) is 20.1 Å². The Morgan fingerprint density at radius 2 is 2.00 bits per heavy atom. The average molecular weight is 219 g/mol. The fourth-order valence-electron chi connectivity index (χ4n) is 2.53. The quantitative estimate of drug-likeness (QED) is 0.820. The highest BCUT2D eigenvalue weighted by Gasteiger charge is 2.29. The number of pyridine rings is 1. The maximum atomic E-state index is 4.08. The van der Waals surface area contributed by atoms with Gasteiger partial charge in [-0.3, -0.25) is 9.88 Å². The maximum absolute atomic E-state index is 4.08. The van der Waals surface area contributed by atoms with E-state index in [1.165, 1.54) is 5.56 Å². The molecule has 88 valence electrons. The van der Waals surface area contributed by atoms with Crippen LogP contribution < -0.4 is 5.32 Å². The lowest BCUT2D eigenvalue weighted by Crippen LogP contribution is -2.53. The maximum Gasteiger partial charge on any atom is 0.0474 e. The normalized spacial score (nSPS) is 27.2. The van der Waals surface area contributed by atoms with Gasteiger partial charge in [-0.2, -0.15) is 0 Å². The number of rotatable bonds is 2. The number of hydrogen-bond acceptors (Lipinski definition) is 3. The van der Waals surface area contributed by atoms with Crippen molar-refractivity contribution in [3.05, 3.63) is 30.1 Å². The van der Waals surface area contributed by atoms with Gasteiger partial charge in [-0.05, 0) is 30.7 Å². The molecule has 0 aliphatic carbocycles. The largest absolute Gasteiger partial charge is 0.313 e. The highest BCUT2D eigenvalue weighted by Crippen LogP contribution is 2.25. The third-order valence-corrected chi connectivity index (χ3v) is 3.57. The van der Waals surface area contributed by atoms with Crippen LogP contribution >= 0.6 is 0 Å². The average Bonchev–Trinajstić information content (AvgIpc) is 2.30. The molecule has 3 nitrogen and oxygen atoms in total. The summed E-state index contributed by atoms with van der Waals surface area (Å²) >= 11 is 0. The van der Waals surface area contributed by atoms with Gasteiger partial charge in [0.05, 0.1) is 0 Å². The summed E-state index contributed by atoms with van der Waals surface area (Å²) in [6.07, 6.45) is 3.75. The van der Waals surface area contributed by atoms with E-state index in [1.807, 2.05) is 12.4 Å². The van der Waals surface area contributed by atoms with Gasteiger partial charge < -0.3 is 5.32 Å². The van der Waals surface area contributed by atoms with Crippen LogP contribution in [0.3, 0.4) is 0 Å². The van der Waals surface area contributed by atoms with Crippen molar-refractivity contribution in [2.24, 2.45) is 5.92 Å². The first-order valence-corrected chi connectivity index (χ1v) is 6.02. The summed E-state index contributed by atoms with van der Waals surface area (Å²) in [7, 11) is 2.23. The van der Waals surface area contributed by atoms with Crippen molar-refractivity contribution < 1.29 is 0 Å². The third kappa shape index (κ3) is 2.25. The second kappa shape index (κ2) is 4.93. The molecule has 3 heteroatoms. The summed E-state index contributed by atoms with van der Waals surface area (Å²) in [5, 5.41) is 3.53. The molecule has 1 aliphatic heterocycles. The minimum atomic E-state index is 0.476. The second-order valence-electron chi connectivity index (χ2n) is 4.93. The van der Waals surface area contributed by atoms with Crippen LogP contribution in [0.5, 0.6) is 0 Å². The number of hydrogen-bond donors (Lipinski definition) is 1. The van der Waals surface area contributed by atoms with E-state index in [2.05, 4.69) is 48.2 Å². The Hall–Kier alpha value is -0.930. The highest BCUT2D eigenvalue weighted by atomic mass is 15.2. The zero-order chi connectivity index (χ0) is 11.5. The lowest BCUT2D eigenvalue weighted by atomic mass is 9.95. The Labute approximate surface area is 97.9 Å². The van der Waals surface area contributed by atoms with Crippen molar-refractivity contribution in [1.82, 2.24) is 15.2 Å². The molecule has 1 N–H and O–H groups in total. The van der Waals surface area contributed by atoms with E-state index >= 15 is 0 Å². The predicted molar refractivity (Wildman–Crippen MR) is 66.2 cm³/mol. The van der Waals surface area contributed by atoms with E-state index in [-0.39, 0.29) is 0 Å². The fraction of sp³-hybridized carbons (Fsp3) is 0.615. The lowest BCUT2D eigenvalue weighted by Gasteiger charge is -2.42. The van der Waals surface area contributed by atoms with Crippen LogP contribution in [-0.2, 0) is 0 Å². The standard InChI is InChI=1S/C13H21N3/c1-10(2)12-8-15-9-13(16(12)3)11-4-6-14-7-5-11/h4-7,10,12-13,15H,8-9H2,1-3H3/t12-,13?/m0/s1. The molecule has 2 rings (SSSR count). The van der Waals surface area contributed by atoms with E-state index in [0.29, 0.717) is 18.0 Å². The number of aromatic nitrogens is 1. The molecule has 1 aliphatic rings. The van der Waals surface area contributed by atoms with Crippen molar-refractivity contribution in [3.63, 3.8) is 0 Å². The Bertz CT molecular complexity index is 323. The van der Waals surface area contributed by atoms with Crippen LogP contribution in [0.4, 0.5) is 0 Å². The molecule has 0 saturated carbocycles. The van der Waals surface area contributed by atoms with E-state index in [0.717, 1.165) is 13.1 Å². The molecule has 16 heavy (non-hydrogen) atoms. The second-order valence-corrected chi connectivity index (χ2v) is 4.93. The van der Waals surface area contributed by atoms with Crippen LogP contribution in [-0.4, -0.2) is 36.1 Å². The van der Waals surface area contributed by atoms with Gasteiger partial charge in [0.1, 0.15) is 0 Å². The Morgan fingerprint density at radius 1 is 1.31 bits per heavy atom. The molecule has 0 bridgehead atoms. The first-order chi connectivity index (χ1) is 7.70. The Balaban J connectivity index is 2.16. The van der Waals surface area contributed by atoms with Crippen LogP contribution in [0.2, 0.25) is 0 Å². The molecule has 0 radical (unpaired) electrons. The zero-order valence-electron chi connectivity index (χ0n) is 10.4. The van der Waals surface area contributed by atoms with Crippen molar-refractivity contribution >= 4 is 0 Å². The molecular weight excluding hydrogens is 198 g/mol. The zero-order valence-corrected chi connectivity index (χ0v) is 10.4. The third-order valence-electron chi connectivity index (χ3n) is 3.57. The van der Waals surface area contributed by atoms with Gasteiger partial charge in [0.2, 0.25) is 0 Å². The summed E-state index contributed by atoms with van der Waals surface area (Å²) in [4.78, 5) is 6.58. The van der Waals surface area contributed by atoms with Gasteiger partial charge >= 0.3 is 0 Å². The van der Waals surface area contributed by atoms with Gasteiger partial charge in [-0.25, -0.2) is 0 Å². The van der Waals surface area contributed by atoms with E-state index in [9.17, 15) is 0 Å². The first-order valence-electron chi connectivity index (χ1n) is 6.02. The minimum absolute atomic E-state index is 0.476. The highest BCUT2D eigenvalue weighted by molar-refractivity contribution is 5.17. The summed E-state index contributed by atoms with van der Waals surface area (Å²) in [6, 6.07) is 5.33. The molecular formula is C13H21N3. The molecule has 0 spiro atoms.